The largest absolute Gasteiger partial charge is 0.465 e. The Hall–Kier alpha value is -4.22. The van der Waals surface area contributed by atoms with Gasteiger partial charge in [-0.25, -0.2) is 18.9 Å². The molecule has 8 rings (SSSR count). The van der Waals surface area contributed by atoms with Crippen LogP contribution in [0.25, 0.3) is 43.8 Å². The maximum atomic E-state index is 17.7. The number of anilines is 1. The van der Waals surface area contributed by atoms with Crippen LogP contribution in [-0.2, 0) is 4.74 Å². The summed E-state index contributed by atoms with van der Waals surface area (Å²) in [6.07, 6.45) is 5.86. The van der Waals surface area contributed by atoms with E-state index in [9.17, 15) is 15.2 Å². The van der Waals surface area contributed by atoms with E-state index >= 15 is 4.39 Å². The normalized spacial score (nSPS) is 22.6. The van der Waals surface area contributed by atoms with Gasteiger partial charge in [0.2, 0.25) is 0 Å². The first kappa shape index (κ1) is 37.7. The Kier molecular flexibility index (Phi) is 9.43. The van der Waals surface area contributed by atoms with Crippen molar-refractivity contribution in [1.29, 1.82) is 5.26 Å². The summed E-state index contributed by atoms with van der Waals surface area (Å²) in [4.78, 5) is 23.4. The molecule has 3 aromatic heterocycles. The van der Waals surface area contributed by atoms with E-state index in [1.54, 1.807) is 18.5 Å². The molecular formula is C40H46Cl2FN9O3. The van der Waals surface area contributed by atoms with E-state index in [0.717, 1.165) is 30.2 Å². The lowest BCUT2D eigenvalue weighted by atomic mass is 9.65. The second kappa shape index (κ2) is 13.8. The third-order valence-electron chi connectivity index (χ3n) is 12.5. The molecule has 0 spiro atoms. The van der Waals surface area contributed by atoms with Crippen molar-refractivity contribution in [3.8, 4) is 17.2 Å². The van der Waals surface area contributed by atoms with E-state index in [2.05, 4.69) is 15.9 Å². The van der Waals surface area contributed by atoms with Crippen molar-refractivity contribution in [2.24, 2.45) is 5.41 Å². The summed E-state index contributed by atoms with van der Waals surface area (Å²) >= 11 is 14.1. The molecule has 5 aromatic rings. The highest BCUT2D eigenvalue weighted by Crippen LogP contribution is 2.50. The van der Waals surface area contributed by atoms with Crippen LogP contribution in [0.2, 0.25) is 10.0 Å². The summed E-state index contributed by atoms with van der Waals surface area (Å²) in [5.41, 5.74) is 1.40. The Bertz CT molecular complexity index is 2390. The van der Waals surface area contributed by atoms with Crippen LogP contribution in [0, 0.1) is 29.5 Å². The second-order valence-corrected chi connectivity index (χ2v) is 17.5. The van der Waals surface area contributed by atoms with Gasteiger partial charge >= 0.3 is 6.09 Å². The van der Waals surface area contributed by atoms with Crippen molar-refractivity contribution in [2.45, 2.75) is 90.1 Å². The molecule has 55 heavy (non-hydrogen) atoms. The molecule has 6 heterocycles. The van der Waals surface area contributed by atoms with Crippen LogP contribution < -0.4 is 4.90 Å². The smallest absolute Gasteiger partial charge is 0.407 e. The highest BCUT2D eigenvalue weighted by molar-refractivity contribution is 6.36. The van der Waals surface area contributed by atoms with Gasteiger partial charge in [0.05, 0.1) is 57.9 Å². The number of carboxylic acid groups (broad SMARTS) is 1. The molecule has 1 unspecified atom stereocenters. The number of aromatic nitrogens is 5. The molecule has 0 radical (unpaired) electrons. The average Bonchev–Trinajstić information content (AvgIpc) is 3.75. The summed E-state index contributed by atoms with van der Waals surface area (Å²) in [5.74, 6) is 0.0435. The van der Waals surface area contributed by atoms with E-state index in [-0.39, 0.29) is 41.3 Å². The number of ether oxygens (including phenoxy) is 1. The molecule has 3 saturated heterocycles. The van der Waals surface area contributed by atoms with Crippen LogP contribution in [-0.4, -0.2) is 97.5 Å². The minimum Gasteiger partial charge on any atom is -0.465 e. The lowest BCUT2D eigenvalue weighted by Gasteiger charge is -2.54. The number of hydrogen-bond donors (Lipinski definition) is 1. The van der Waals surface area contributed by atoms with E-state index in [0.29, 0.717) is 76.8 Å². The van der Waals surface area contributed by atoms with E-state index in [4.69, 9.17) is 43.1 Å². The summed E-state index contributed by atoms with van der Waals surface area (Å²) in [6, 6.07) is 5.92. The molecule has 12 nitrogen and oxygen atoms in total. The molecule has 3 fully saturated rings. The van der Waals surface area contributed by atoms with Gasteiger partial charge in [-0.1, -0.05) is 44.0 Å². The van der Waals surface area contributed by atoms with Gasteiger partial charge in [0.1, 0.15) is 11.3 Å². The van der Waals surface area contributed by atoms with Gasteiger partial charge in [-0.05, 0) is 76.2 Å². The number of amides is 1. The van der Waals surface area contributed by atoms with Crippen LogP contribution in [0.3, 0.4) is 0 Å². The number of rotatable bonds is 6. The number of nitrogens with zero attached hydrogens (tertiary/aromatic N) is 9. The van der Waals surface area contributed by atoms with Gasteiger partial charge in [0.15, 0.2) is 12.0 Å². The second-order valence-electron chi connectivity index (χ2n) is 16.7. The van der Waals surface area contributed by atoms with Gasteiger partial charge < -0.3 is 24.5 Å². The SMILES string of the molecule is Cc1c(Cl)cc2c(cnn2C2CCCCO2)c1-c1c(Cl)cc2c(nc(N3CC(N(C)C)C3)c3cnn([C@H]4CCN(C(=O)O)[C@@](CC#N)(C(C)(C)C)C4)c32)c1F. The highest BCUT2D eigenvalue weighted by Gasteiger charge is 2.53. The summed E-state index contributed by atoms with van der Waals surface area (Å²) in [5, 5.41) is 32.6. The average molecular weight is 791 g/mol. The number of likely N-dealkylation sites (N-methyl/N-ethyl adjacent to an activating group) is 1. The molecule has 0 saturated carbocycles. The third-order valence-corrected chi connectivity index (χ3v) is 13.2. The number of nitriles is 1. The zero-order chi connectivity index (χ0) is 39.1. The molecule has 0 bridgehead atoms. The van der Waals surface area contributed by atoms with Crippen molar-refractivity contribution in [3.63, 3.8) is 0 Å². The number of piperidine rings is 1. The Balaban J connectivity index is 1.35. The number of fused-ring (bicyclic) bond motifs is 4. The van der Waals surface area contributed by atoms with Crippen molar-refractivity contribution >= 4 is 67.8 Å². The molecule has 3 aliphatic rings. The van der Waals surface area contributed by atoms with Crippen molar-refractivity contribution < 1.29 is 19.0 Å². The Labute approximate surface area is 329 Å². The summed E-state index contributed by atoms with van der Waals surface area (Å²) in [7, 11) is 4.08. The first-order valence-corrected chi connectivity index (χ1v) is 19.7. The quantitative estimate of drug-likeness (QED) is 0.180. The fraction of sp³-hybridized carbons (Fsp3) is 0.525. The molecular weight excluding hydrogens is 744 g/mol. The molecule has 15 heteroatoms. The topological polar surface area (TPSA) is 129 Å². The number of likely N-dealkylation sites (tertiary alicyclic amines) is 1. The van der Waals surface area contributed by atoms with Crippen molar-refractivity contribution in [1.82, 2.24) is 34.3 Å². The van der Waals surface area contributed by atoms with Crippen molar-refractivity contribution in [2.75, 3.05) is 45.2 Å². The van der Waals surface area contributed by atoms with Crippen molar-refractivity contribution in [3.05, 3.63) is 46.0 Å². The van der Waals surface area contributed by atoms with Gasteiger partial charge in [-0.15, -0.1) is 0 Å². The number of halogens is 3. The molecule has 290 valence electrons. The fourth-order valence-corrected chi connectivity index (χ4v) is 9.63. The predicted octanol–water partition coefficient (Wildman–Crippen LogP) is 8.82. The Morgan fingerprint density at radius 3 is 2.45 bits per heavy atom. The van der Waals surface area contributed by atoms with Crippen LogP contribution in [0.4, 0.5) is 15.0 Å². The van der Waals surface area contributed by atoms with Crippen LogP contribution in [0.1, 0.15) is 77.1 Å². The van der Waals surface area contributed by atoms with Crippen LogP contribution >= 0.6 is 23.2 Å². The molecule has 0 aliphatic carbocycles. The van der Waals surface area contributed by atoms with E-state index in [1.807, 2.05) is 57.2 Å². The lowest BCUT2D eigenvalue weighted by Crippen LogP contribution is -2.62. The molecule has 1 N–H and O–H groups in total. The number of pyridine rings is 1. The molecule has 3 atom stereocenters. The van der Waals surface area contributed by atoms with Gasteiger partial charge in [0, 0.05) is 59.2 Å². The first-order valence-electron chi connectivity index (χ1n) is 18.9. The zero-order valence-corrected chi connectivity index (χ0v) is 33.5. The number of carbonyl (C=O) groups is 1. The number of hydrogen-bond acceptors (Lipinski definition) is 8. The first-order chi connectivity index (χ1) is 26.2. The Morgan fingerprint density at radius 2 is 1.80 bits per heavy atom. The molecule has 3 aliphatic heterocycles. The maximum Gasteiger partial charge on any atom is 0.407 e. The van der Waals surface area contributed by atoms with E-state index < -0.39 is 22.9 Å². The minimum absolute atomic E-state index is 0.0203. The van der Waals surface area contributed by atoms with Crippen LogP contribution in [0.5, 0.6) is 0 Å². The number of benzene rings is 2. The summed E-state index contributed by atoms with van der Waals surface area (Å²) in [6.45, 7) is 10.1. The summed E-state index contributed by atoms with van der Waals surface area (Å²) < 4.78 is 27.5. The zero-order valence-electron chi connectivity index (χ0n) is 32.0. The van der Waals surface area contributed by atoms with Gasteiger partial charge in [0.25, 0.3) is 0 Å². The fourth-order valence-electron chi connectivity index (χ4n) is 9.14. The minimum atomic E-state index is -1.05. The monoisotopic (exact) mass is 789 g/mol. The highest BCUT2D eigenvalue weighted by atomic mass is 35.5. The Morgan fingerprint density at radius 1 is 1.07 bits per heavy atom. The molecule has 1 amide bonds. The standard InChI is InChI=1S/C40H46Cl2FN9O3/c1-22-28(41)16-30-26(18-46-52(30)31-9-7-8-14-55-31)32(22)33-29(42)15-25-35(34(33)43)47-37(49-20-24(21-49)48(5)6)27-19-45-51(36(25)27)23-10-13-50(38(53)54)40(17-23,11-12-44)39(2,3)4/h15-16,18-19,23-24,31H,7-11,13-14,17,20-21H2,1-6H3,(H,53,54)/t23-,31?,40+/m0/s1. The molecule has 2 aromatic carbocycles. The van der Waals surface area contributed by atoms with Gasteiger partial charge in [-0.2, -0.15) is 15.5 Å². The lowest BCUT2D eigenvalue weighted by molar-refractivity contribution is -0.0381. The maximum absolute atomic E-state index is 17.7. The van der Waals surface area contributed by atoms with Gasteiger partial charge in [-0.3, -0.25) is 4.68 Å². The third kappa shape index (κ3) is 5.90. The van der Waals surface area contributed by atoms with E-state index in [1.165, 1.54) is 4.90 Å². The van der Waals surface area contributed by atoms with Crippen LogP contribution in [0.15, 0.2) is 24.5 Å². The predicted molar refractivity (Wildman–Crippen MR) is 212 cm³/mol.